The minimum Gasteiger partial charge on any atom is -0.391 e. The van der Waals surface area contributed by atoms with Crippen molar-refractivity contribution in [3.05, 3.63) is 6.92 Å². The molecule has 1 saturated carbocycles. The zero-order valence-electron chi connectivity index (χ0n) is 33.7. The Kier molecular flexibility index (Phi) is 17.8. The molecular weight excluding hydrogens is 720 g/mol. The highest BCUT2D eigenvalue weighted by Crippen LogP contribution is 2.31. The summed E-state index contributed by atoms with van der Waals surface area (Å²) in [6.07, 6.45) is 7.95. The molecule has 3 aliphatic heterocycles. The first-order valence-electron chi connectivity index (χ1n) is 21.0. The summed E-state index contributed by atoms with van der Waals surface area (Å²) in [5.74, 6) is -2.70. The van der Waals surface area contributed by atoms with Crippen molar-refractivity contribution in [2.45, 2.75) is 147 Å². The summed E-state index contributed by atoms with van der Waals surface area (Å²) in [5, 5.41) is 24.2. The second-order valence-corrected chi connectivity index (χ2v) is 16.1. The average molecular weight is 787 g/mol. The van der Waals surface area contributed by atoms with Crippen LogP contribution in [0, 0.1) is 18.8 Å². The fraction of sp³-hybridized carbons (Fsp3) is 0.800. The number of amides is 7. The Labute approximate surface area is 332 Å². The molecule has 1 unspecified atom stereocenters. The monoisotopic (exact) mass is 787 g/mol. The van der Waals surface area contributed by atoms with Crippen molar-refractivity contribution >= 4 is 41.4 Å². The molecule has 7 atom stereocenters. The molecule has 3 saturated heterocycles. The van der Waals surface area contributed by atoms with Crippen LogP contribution in [0.5, 0.6) is 0 Å². The van der Waals surface area contributed by atoms with Crippen molar-refractivity contribution in [2.24, 2.45) is 11.8 Å². The highest BCUT2D eigenvalue weighted by molar-refractivity contribution is 5.97. The number of carbonyl (C=O) groups is 7. The Morgan fingerprint density at radius 2 is 1.38 bits per heavy atom. The third-order valence-corrected chi connectivity index (χ3v) is 11.8. The minimum absolute atomic E-state index is 0.0604. The Balaban J connectivity index is 1.41. The lowest BCUT2D eigenvalue weighted by Gasteiger charge is -2.38. The van der Waals surface area contributed by atoms with Gasteiger partial charge in [0.05, 0.1) is 6.10 Å². The van der Waals surface area contributed by atoms with E-state index in [2.05, 4.69) is 33.5 Å². The van der Waals surface area contributed by atoms with E-state index in [9.17, 15) is 38.7 Å². The Bertz CT molecular complexity index is 1370. The van der Waals surface area contributed by atoms with Gasteiger partial charge in [-0.3, -0.25) is 33.6 Å². The second-order valence-electron chi connectivity index (χ2n) is 16.1. The zero-order chi connectivity index (χ0) is 40.8. The molecule has 4 fully saturated rings. The molecule has 16 nitrogen and oxygen atoms in total. The summed E-state index contributed by atoms with van der Waals surface area (Å²) >= 11 is 0. The Morgan fingerprint density at radius 1 is 0.768 bits per heavy atom. The van der Waals surface area contributed by atoms with Gasteiger partial charge < -0.3 is 46.4 Å². The number of hydrogen-bond acceptors (Lipinski definition) is 9. The van der Waals surface area contributed by atoms with Gasteiger partial charge in [-0.2, -0.15) is 0 Å². The minimum atomic E-state index is -1.52. The molecule has 6 N–H and O–H groups in total. The van der Waals surface area contributed by atoms with E-state index in [0.29, 0.717) is 77.2 Å². The van der Waals surface area contributed by atoms with Crippen LogP contribution in [0.1, 0.15) is 111 Å². The van der Waals surface area contributed by atoms with Gasteiger partial charge in [0.1, 0.15) is 30.2 Å². The number of likely N-dealkylation sites (tertiary alicyclic amines) is 2. The number of rotatable bonds is 17. The smallest absolute Gasteiger partial charge is 0.246 e. The van der Waals surface area contributed by atoms with Crippen LogP contribution < -0.4 is 26.6 Å². The molecule has 0 aromatic rings. The van der Waals surface area contributed by atoms with E-state index < -0.39 is 65.8 Å². The van der Waals surface area contributed by atoms with E-state index in [1.165, 1.54) is 23.1 Å². The molecule has 314 valence electrons. The number of aliphatic hydroxyl groups excluding tert-OH is 1. The summed E-state index contributed by atoms with van der Waals surface area (Å²) < 4.78 is 0. The summed E-state index contributed by atoms with van der Waals surface area (Å²) in [6, 6.07) is -5.69. The van der Waals surface area contributed by atoms with Gasteiger partial charge in [-0.05, 0) is 70.6 Å². The van der Waals surface area contributed by atoms with E-state index in [4.69, 9.17) is 6.92 Å². The van der Waals surface area contributed by atoms with Crippen LogP contribution in [0.2, 0.25) is 0 Å². The summed E-state index contributed by atoms with van der Waals surface area (Å²) in [5.41, 5.74) is 0. The van der Waals surface area contributed by atoms with Crippen LogP contribution in [-0.4, -0.2) is 143 Å². The van der Waals surface area contributed by atoms with Crippen LogP contribution in [0.15, 0.2) is 0 Å². The van der Waals surface area contributed by atoms with Gasteiger partial charge in [0, 0.05) is 58.7 Å². The molecule has 16 heteroatoms. The molecule has 2 radical (unpaired) electrons. The van der Waals surface area contributed by atoms with E-state index in [1.807, 2.05) is 6.92 Å². The lowest BCUT2D eigenvalue weighted by molar-refractivity contribution is -0.147. The third-order valence-electron chi connectivity index (χ3n) is 11.8. The first-order valence-corrected chi connectivity index (χ1v) is 21.0. The van der Waals surface area contributed by atoms with Crippen LogP contribution >= 0.6 is 0 Å². The largest absolute Gasteiger partial charge is 0.391 e. The maximum atomic E-state index is 14.3. The Morgan fingerprint density at radius 3 is 2.04 bits per heavy atom. The summed E-state index contributed by atoms with van der Waals surface area (Å²) in [6.45, 7) is 14.9. The second kappa shape index (κ2) is 22.2. The molecule has 1 aliphatic carbocycles. The van der Waals surface area contributed by atoms with Crippen LogP contribution in [0.3, 0.4) is 0 Å². The molecule has 0 aromatic heterocycles. The van der Waals surface area contributed by atoms with Crippen LogP contribution in [0.4, 0.5) is 0 Å². The standard InChI is InChI=1S/C40H66N8O8/c1-5-18-42-38(54)35(28(4)49)45-37(53)32-15-11-22-47(32)39(55)27(3)43-36(52)31-14-9-10-21-48(31)40(56)30(16-17-34(51)46-23-19-41-20-24-46)44-33(50)25-26(2)29-12-7-6-8-13-29/h3,26-32,35,41,49H,5-25H2,1-2,4H3,(H,42,54)(H,43,52)(H,44,50)(H,45,53)/t26-,27-,28?,30-,31-,32-,35-/m0/s1. The molecule has 4 aliphatic rings. The SMILES string of the molecule is [CH][C@H](NC(=O)[C@@H]1CCCCN1C(=O)[C@H](CCC(=O)N1CCNCC1)NC(=O)C[C@H](C)C1CCCCC1)C(=O)N1CCC[C@H]1C(=O)N[C@H](C(=O)NCCC)C(C)O. The first-order chi connectivity index (χ1) is 26.8. The molecular formula is C40H66N8O8. The van der Waals surface area contributed by atoms with Gasteiger partial charge in [0.2, 0.25) is 41.4 Å². The number of hydrogen-bond donors (Lipinski definition) is 6. The number of nitrogens with zero attached hydrogens (tertiary/aromatic N) is 3. The number of aliphatic hydroxyl groups is 1. The van der Waals surface area contributed by atoms with Gasteiger partial charge in [0.25, 0.3) is 0 Å². The molecule has 0 spiro atoms. The van der Waals surface area contributed by atoms with Gasteiger partial charge in [-0.15, -0.1) is 0 Å². The van der Waals surface area contributed by atoms with E-state index in [0.717, 1.165) is 25.7 Å². The molecule has 4 rings (SSSR count). The molecule has 0 bridgehead atoms. The quantitative estimate of drug-likeness (QED) is 0.119. The number of nitrogens with one attached hydrogen (secondary N) is 5. The highest BCUT2D eigenvalue weighted by atomic mass is 16.3. The van der Waals surface area contributed by atoms with Crippen LogP contribution in [0.25, 0.3) is 0 Å². The van der Waals surface area contributed by atoms with Crippen molar-refractivity contribution in [3.63, 3.8) is 0 Å². The molecule has 3 heterocycles. The van der Waals surface area contributed by atoms with Crippen molar-refractivity contribution < 1.29 is 38.7 Å². The van der Waals surface area contributed by atoms with E-state index >= 15 is 0 Å². The molecule has 0 aromatic carbocycles. The topological polar surface area (TPSA) is 210 Å². The van der Waals surface area contributed by atoms with E-state index in [-0.39, 0.29) is 50.1 Å². The lowest BCUT2D eigenvalue weighted by atomic mass is 9.79. The molecule has 56 heavy (non-hydrogen) atoms. The number of carbonyl (C=O) groups excluding carboxylic acids is 7. The maximum Gasteiger partial charge on any atom is 0.246 e. The zero-order valence-corrected chi connectivity index (χ0v) is 33.7. The van der Waals surface area contributed by atoms with Crippen molar-refractivity contribution in [1.82, 2.24) is 41.3 Å². The van der Waals surface area contributed by atoms with E-state index in [1.54, 1.807) is 4.90 Å². The van der Waals surface area contributed by atoms with Crippen LogP contribution in [-0.2, 0) is 33.6 Å². The average Bonchev–Trinajstić information content (AvgIpc) is 3.70. The summed E-state index contributed by atoms with van der Waals surface area (Å²) in [7, 11) is 0. The third kappa shape index (κ3) is 12.6. The van der Waals surface area contributed by atoms with Gasteiger partial charge in [-0.1, -0.05) is 46.0 Å². The summed E-state index contributed by atoms with van der Waals surface area (Å²) in [4.78, 5) is 98.7. The van der Waals surface area contributed by atoms with Gasteiger partial charge >= 0.3 is 0 Å². The first kappa shape index (κ1) is 44.9. The predicted molar refractivity (Wildman–Crippen MR) is 208 cm³/mol. The Hall–Kier alpha value is -3.79. The predicted octanol–water partition coefficient (Wildman–Crippen LogP) is 0.249. The fourth-order valence-electron chi connectivity index (χ4n) is 8.49. The van der Waals surface area contributed by atoms with Crippen molar-refractivity contribution in [3.8, 4) is 0 Å². The molecule has 7 amide bonds. The van der Waals surface area contributed by atoms with Crippen molar-refractivity contribution in [1.29, 1.82) is 0 Å². The fourth-order valence-corrected chi connectivity index (χ4v) is 8.49. The van der Waals surface area contributed by atoms with Gasteiger partial charge in [-0.25, -0.2) is 0 Å². The van der Waals surface area contributed by atoms with Gasteiger partial charge in [0.15, 0.2) is 0 Å². The lowest BCUT2D eigenvalue weighted by Crippen LogP contribution is -2.60. The maximum absolute atomic E-state index is 14.3. The normalized spacial score (nSPS) is 23.3. The highest BCUT2D eigenvalue weighted by Gasteiger charge is 2.41. The van der Waals surface area contributed by atoms with Crippen molar-refractivity contribution in [2.75, 3.05) is 45.8 Å². The number of piperazine rings is 1. The number of piperidine rings is 1.